The molecular weight excluding hydrogens is 136 g/mol. The van der Waals surface area contributed by atoms with Crippen LogP contribution < -0.4 is 11.1 Å². The quantitative estimate of drug-likeness (QED) is 0.634. The summed E-state index contributed by atoms with van der Waals surface area (Å²) in [5.41, 5.74) is 5.89. The van der Waals surface area contributed by atoms with Crippen molar-refractivity contribution in [1.29, 1.82) is 0 Å². The van der Waals surface area contributed by atoms with Gasteiger partial charge in [-0.05, 0) is 24.9 Å². The Morgan fingerprint density at radius 3 is 2.27 bits per heavy atom. The molecule has 3 N–H and O–H groups in total. The Bertz CT molecular complexity index is 97.7. The highest BCUT2D eigenvalue weighted by atomic mass is 14.9. The number of hydrogen-bond acceptors (Lipinski definition) is 2. The van der Waals surface area contributed by atoms with Crippen molar-refractivity contribution < 1.29 is 0 Å². The van der Waals surface area contributed by atoms with Crippen LogP contribution in [0.1, 0.15) is 34.1 Å². The molecule has 68 valence electrons. The molecule has 0 aromatic rings. The summed E-state index contributed by atoms with van der Waals surface area (Å²) in [4.78, 5) is 0. The molecule has 0 radical (unpaired) electrons. The monoisotopic (exact) mass is 158 g/mol. The van der Waals surface area contributed by atoms with Crippen molar-refractivity contribution in [1.82, 2.24) is 5.32 Å². The largest absolute Gasteiger partial charge is 0.330 e. The van der Waals surface area contributed by atoms with Crippen LogP contribution in [0.3, 0.4) is 0 Å². The van der Waals surface area contributed by atoms with Crippen molar-refractivity contribution >= 4 is 0 Å². The summed E-state index contributed by atoms with van der Waals surface area (Å²) >= 11 is 0. The van der Waals surface area contributed by atoms with Crippen LogP contribution in [0.25, 0.3) is 0 Å². The predicted molar refractivity (Wildman–Crippen MR) is 50.6 cm³/mol. The van der Waals surface area contributed by atoms with Gasteiger partial charge in [0.2, 0.25) is 0 Å². The van der Waals surface area contributed by atoms with Crippen molar-refractivity contribution in [2.45, 2.75) is 40.2 Å². The molecule has 0 aliphatic heterocycles. The van der Waals surface area contributed by atoms with Gasteiger partial charge < -0.3 is 11.1 Å². The summed E-state index contributed by atoms with van der Waals surface area (Å²) in [7, 11) is 0. The molecule has 11 heavy (non-hydrogen) atoms. The van der Waals surface area contributed by atoms with E-state index in [4.69, 9.17) is 5.73 Å². The molecule has 0 saturated carbocycles. The SMILES string of the molecule is CC(C)NCCC(C)(C)CN. The summed E-state index contributed by atoms with van der Waals surface area (Å²) < 4.78 is 0. The van der Waals surface area contributed by atoms with Gasteiger partial charge in [0.05, 0.1) is 0 Å². The van der Waals surface area contributed by atoms with Crippen molar-refractivity contribution in [2.24, 2.45) is 11.1 Å². The molecule has 0 rings (SSSR count). The van der Waals surface area contributed by atoms with Gasteiger partial charge in [-0.2, -0.15) is 0 Å². The maximum atomic E-state index is 5.60. The lowest BCUT2D eigenvalue weighted by atomic mass is 9.90. The van der Waals surface area contributed by atoms with Crippen LogP contribution in [0.5, 0.6) is 0 Å². The standard InChI is InChI=1S/C9H22N2/c1-8(2)11-6-5-9(3,4)7-10/h8,11H,5-7,10H2,1-4H3. The minimum absolute atomic E-state index is 0.294. The lowest BCUT2D eigenvalue weighted by molar-refractivity contribution is 0.334. The molecule has 0 bridgehead atoms. The first-order valence-corrected chi connectivity index (χ1v) is 4.41. The van der Waals surface area contributed by atoms with Gasteiger partial charge in [0.25, 0.3) is 0 Å². The summed E-state index contributed by atoms with van der Waals surface area (Å²) in [5, 5.41) is 3.38. The van der Waals surface area contributed by atoms with E-state index in [-0.39, 0.29) is 0 Å². The molecule has 2 nitrogen and oxygen atoms in total. The maximum absolute atomic E-state index is 5.60. The third-order valence-electron chi connectivity index (χ3n) is 1.91. The summed E-state index contributed by atoms with van der Waals surface area (Å²) in [6.45, 7) is 10.6. The van der Waals surface area contributed by atoms with E-state index >= 15 is 0 Å². The Labute approximate surface area is 70.5 Å². The maximum Gasteiger partial charge on any atom is 0.00103 e. The van der Waals surface area contributed by atoms with Crippen LogP contribution >= 0.6 is 0 Å². The van der Waals surface area contributed by atoms with E-state index in [0.29, 0.717) is 11.5 Å². The van der Waals surface area contributed by atoms with Gasteiger partial charge in [-0.25, -0.2) is 0 Å². The fourth-order valence-corrected chi connectivity index (χ4v) is 0.801. The zero-order chi connectivity index (χ0) is 8.91. The van der Waals surface area contributed by atoms with E-state index in [9.17, 15) is 0 Å². The lowest BCUT2D eigenvalue weighted by Gasteiger charge is -2.22. The Hall–Kier alpha value is -0.0800. The number of nitrogens with one attached hydrogen (secondary N) is 1. The molecule has 0 heterocycles. The fourth-order valence-electron chi connectivity index (χ4n) is 0.801. The predicted octanol–water partition coefficient (Wildman–Crippen LogP) is 1.36. The van der Waals surface area contributed by atoms with Crippen LogP contribution in [0.4, 0.5) is 0 Å². The van der Waals surface area contributed by atoms with Crippen molar-refractivity contribution in [3.05, 3.63) is 0 Å². The van der Waals surface area contributed by atoms with Gasteiger partial charge in [0.15, 0.2) is 0 Å². The Morgan fingerprint density at radius 1 is 1.36 bits per heavy atom. The van der Waals surface area contributed by atoms with Gasteiger partial charge >= 0.3 is 0 Å². The van der Waals surface area contributed by atoms with Gasteiger partial charge in [-0.1, -0.05) is 27.7 Å². The van der Waals surface area contributed by atoms with E-state index in [1.165, 1.54) is 0 Å². The molecule has 0 aliphatic rings. The zero-order valence-electron chi connectivity index (χ0n) is 8.28. The highest BCUT2D eigenvalue weighted by molar-refractivity contribution is 4.70. The molecule has 0 unspecified atom stereocenters. The molecule has 0 spiro atoms. The number of hydrogen-bond donors (Lipinski definition) is 2. The minimum Gasteiger partial charge on any atom is -0.330 e. The highest BCUT2D eigenvalue weighted by Gasteiger charge is 2.14. The Morgan fingerprint density at radius 2 is 1.91 bits per heavy atom. The zero-order valence-corrected chi connectivity index (χ0v) is 8.28. The van der Waals surface area contributed by atoms with E-state index in [2.05, 4.69) is 33.0 Å². The van der Waals surface area contributed by atoms with Gasteiger partial charge in [0, 0.05) is 6.04 Å². The molecule has 0 amide bonds. The molecule has 2 heteroatoms. The van der Waals surface area contributed by atoms with Crippen LogP contribution in [-0.4, -0.2) is 19.1 Å². The van der Waals surface area contributed by atoms with Gasteiger partial charge in [-0.3, -0.25) is 0 Å². The second-order valence-electron chi connectivity index (χ2n) is 4.23. The second-order valence-corrected chi connectivity index (χ2v) is 4.23. The van der Waals surface area contributed by atoms with Crippen LogP contribution in [0.2, 0.25) is 0 Å². The molecule has 0 atom stereocenters. The van der Waals surface area contributed by atoms with Crippen molar-refractivity contribution in [2.75, 3.05) is 13.1 Å². The molecule has 0 fully saturated rings. The smallest absolute Gasteiger partial charge is 0.00103 e. The fraction of sp³-hybridized carbons (Fsp3) is 1.00. The van der Waals surface area contributed by atoms with Crippen molar-refractivity contribution in [3.63, 3.8) is 0 Å². The number of nitrogens with two attached hydrogens (primary N) is 1. The van der Waals surface area contributed by atoms with E-state index in [1.807, 2.05) is 0 Å². The van der Waals surface area contributed by atoms with Crippen LogP contribution in [0.15, 0.2) is 0 Å². The summed E-state index contributed by atoms with van der Waals surface area (Å²) in [6, 6.07) is 0.587. The van der Waals surface area contributed by atoms with Crippen molar-refractivity contribution in [3.8, 4) is 0 Å². The highest BCUT2D eigenvalue weighted by Crippen LogP contribution is 2.16. The Balaban J connectivity index is 3.38. The molecule has 0 aromatic carbocycles. The first-order valence-electron chi connectivity index (χ1n) is 4.41. The van der Waals surface area contributed by atoms with Gasteiger partial charge in [0.1, 0.15) is 0 Å². The Kier molecular flexibility index (Phi) is 4.69. The van der Waals surface area contributed by atoms with E-state index < -0.39 is 0 Å². The molecule has 0 aromatic heterocycles. The van der Waals surface area contributed by atoms with E-state index in [0.717, 1.165) is 19.5 Å². The lowest BCUT2D eigenvalue weighted by Crippen LogP contribution is -2.31. The molecule has 0 aliphatic carbocycles. The first kappa shape index (κ1) is 10.9. The number of rotatable bonds is 5. The minimum atomic E-state index is 0.294. The van der Waals surface area contributed by atoms with Gasteiger partial charge in [-0.15, -0.1) is 0 Å². The van der Waals surface area contributed by atoms with E-state index in [1.54, 1.807) is 0 Å². The van der Waals surface area contributed by atoms with Crippen LogP contribution in [-0.2, 0) is 0 Å². The third kappa shape index (κ3) is 6.32. The topological polar surface area (TPSA) is 38.0 Å². The average molecular weight is 158 g/mol. The van der Waals surface area contributed by atoms with Crippen LogP contribution in [0, 0.1) is 5.41 Å². The average Bonchev–Trinajstić information content (AvgIpc) is 1.87. The molecule has 0 saturated heterocycles. The normalized spacial score (nSPS) is 12.5. The second kappa shape index (κ2) is 4.73. The summed E-state index contributed by atoms with van der Waals surface area (Å²) in [5.74, 6) is 0. The third-order valence-corrected chi connectivity index (χ3v) is 1.91. The molecular formula is C9H22N2. The first-order chi connectivity index (χ1) is 4.98. The summed E-state index contributed by atoms with van der Waals surface area (Å²) in [6.07, 6.45) is 1.15.